The van der Waals surface area contributed by atoms with Crippen LogP contribution in [0.1, 0.15) is 47.1 Å². The Morgan fingerprint density at radius 1 is 1.09 bits per heavy atom. The molecule has 0 aliphatic carbocycles. The topological polar surface area (TPSA) is 61.4 Å². The first-order valence-corrected chi connectivity index (χ1v) is 8.01. The molecule has 3 amide bonds. The van der Waals surface area contributed by atoms with Gasteiger partial charge in [-0.15, -0.1) is 0 Å². The van der Waals surface area contributed by atoms with Gasteiger partial charge in [-0.3, -0.25) is 4.79 Å². The van der Waals surface area contributed by atoms with Gasteiger partial charge in [-0.2, -0.15) is 0 Å². The molecule has 0 unspecified atom stereocenters. The lowest BCUT2D eigenvalue weighted by Gasteiger charge is -2.26. The normalized spacial score (nSPS) is 14.4. The number of amides is 3. The number of carbonyl (C=O) groups excluding carboxylic acids is 2. The SMILES string of the molecule is CC(C)(C)NC(=O)Nc1ccc2c(c1)N(C(=O)C(C)(C)C)CC2. The van der Waals surface area contributed by atoms with Gasteiger partial charge in [0.1, 0.15) is 0 Å². The standard InChI is InChI=1S/C18H27N3O2/c1-17(2,3)15(22)21-10-9-12-7-8-13(11-14(12)21)19-16(23)20-18(4,5)6/h7-8,11H,9-10H2,1-6H3,(H2,19,20,23). The average Bonchev–Trinajstić information content (AvgIpc) is 2.77. The second-order valence-electron chi connectivity index (χ2n) is 8.13. The van der Waals surface area contributed by atoms with E-state index in [0.29, 0.717) is 12.2 Å². The van der Waals surface area contributed by atoms with Gasteiger partial charge in [0.25, 0.3) is 0 Å². The second kappa shape index (κ2) is 5.87. The zero-order chi connectivity index (χ0) is 17.4. The molecule has 2 rings (SSSR count). The van der Waals surface area contributed by atoms with Crippen LogP contribution in [0.15, 0.2) is 18.2 Å². The fourth-order valence-electron chi connectivity index (χ4n) is 2.58. The van der Waals surface area contributed by atoms with Gasteiger partial charge >= 0.3 is 6.03 Å². The maximum Gasteiger partial charge on any atom is 0.319 e. The maximum atomic E-state index is 12.6. The number of fused-ring (bicyclic) bond motifs is 1. The molecular weight excluding hydrogens is 290 g/mol. The Morgan fingerprint density at radius 3 is 2.30 bits per heavy atom. The molecule has 0 fully saturated rings. The van der Waals surface area contributed by atoms with Gasteiger partial charge in [-0.25, -0.2) is 4.79 Å². The Labute approximate surface area is 138 Å². The third-order valence-electron chi connectivity index (χ3n) is 3.61. The highest BCUT2D eigenvalue weighted by Crippen LogP contribution is 2.34. The summed E-state index contributed by atoms with van der Waals surface area (Å²) in [5.41, 5.74) is 2.02. The Morgan fingerprint density at radius 2 is 1.74 bits per heavy atom. The largest absolute Gasteiger partial charge is 0.333 e. The number of rotatable bonds is 1. The van der Waals surface area contributed by atoms with Crippen molar-refractivity contribution in [3.63, 3.8) is 0 Å². The van der Waals surface area contributed by atoms with Crippen molar-refractivity contribution < 1.29 is 9.59 Å². The molecule has 0 atom stereocenters. The number of anilines is 2. The average molecular weight is 317 g/mol. The zero-order valence-corrected chi connectivity index (χ0v) is 14.9. The Balaban J connectivity index is 2.19. The van der Waals surface area contributed by atoms with Crippen molar-refractivity contribution in [2.24, 2.45) is 5.41 Å². The van der Waals surface area contributed by atoms with Crippen molar-refractivity contribution in [2.75, 3.05) is 16.8 Å². The van der Waals surface area contributed by atoms with Crippen molar-refractivity contribution in [3.05, 3.63) is 23.8 Å². The van der Waals surface area contributed by atoms with Crippen molar-refractivity contribution in [3.8, 4) is 0 Å². The van der Waals surface area contributed by atoms with Crippen LogP contribution in [0.5, 0.6) is 0 Å². The minimum Gasteiger partial charge on any atom is -0.333 e. The summed E-state index contributed by atoms with van der Waals surface area (Å²) < 4.78 is 0. The van der Waals surface area contributed by atoms with E-state index in [0.717, 1.165) is 17.7 Å². The highest BCUT2D eigenvalue weighted by atomic mass is 16.2. The molecule has 126 valence electrons. The Bertz CT molecular complexity index is 624. The van der Waals surface area contributed by atoms with Gasteiger partial charge in [0.05, 0.1) is 0 Å². The maximum absolute atomic E-state index is 12.6. The summed E-state index contributed by atoms with van der Waals surface area (Å²) in [6, 6.07) is 5.50. The number of nitrogens with zero attached hydrogens (tertiary/aromatic N) is 1. The molecule has 1 aliphatic heterocycles. The monoisotopic (exact) mass is 317 g/mol. The fourth-order valence-corrected chi connectivity index (χ4v) is 2.58. The molecule has 5 nitrogen and oxygen atoms in total. The van der Waals surface area contributed by atoms with Crippen molar-refractivity contribution in [2.45, 2.75) is 53.5 Å². The van der Waals surface area contributed by atoms with Crippen LogP contribution in [0.3, 0.4) is 0 Å². The van der Waals surface area contributed by atoms with Gasteiger partial charge in [0, 0.05) is 28.9 Å². The molecule has 23 heavy (non-hydrogen) atoms. The van der Waals surface area contributed by atoms with Crippen LogP contribution in [0.25, 0.3) is 0 Å². The van der Waals surface area contributed by atoms with E-state index in [1.807, 2.05) is 64.6 Å². The van der Waals surface area contributed by atoms with Crippen LogP contribution in [0.2, 0.25) is 0 Å². The van der Waals surface area contributed by atoms with E-state index < -0.39 is 5.41 Å². The van der Waals surface area contributed by atoms with Gasteiger partial charge in [0.2, 0.25) is 5.91 Å². The molecule has 5 heteroatoms. The van der Waals surface area contributed by atoms with Crippen molar-refractivity contribution >= 4 is 23.3 Å². The van der Waals surface area contributed by atoms with E-state index in [9.17, 15) is 9.59 Å². The quantitative estimate of drug-likeness (QED) is 0.832. The first-order valence-electron chi connectivity index (χ1n) is 8.01. The molecule has 0 bridgehead atoms. The second-order valence-corrected chi connectivity index (χ2v) is 8.13. The summed E-state index contributed by atoms with van der Waals surface area (Å²) in [5.74, 6) is 0.104. The molecule has 2 N–H and O–H groups in total. The van der Waals surface area contributed by atoms with Crippen LogP contribution in [-0.2, 0) is 11.2 Å². The molecule has 0 aromatic heterocycles. The number of hydrogen-bond donors (Lipinski definition) is 2. The van der Waals surface area contributed by atoms with E-state index in [4.69, 9.17) is 0 Å². The summed E-state index contributed by atoms with van der Waals surface area (Å²) in [4.78, 5) is 26.4. The highest BCUT2D eigenvalue weighted by Gasteiger charge is 2.32. The summed E-state index contributed by atoms with van der Waals surface area (Å²) in [6.07, 6.45) is 0.853. The lowest BCUT2D eigenvalue weighted by Crippen LogP contribution is -2.43. The number of carbonyl (C=O) groups is 2. The van der Waals surface area contributed by atoms with Gasteiger partial charge in [-0.1, -0.05) is 26.8 Å². The number of benzene rings is 1. The fraction of sp³-hybridized carbons (Fsp3) is 0.556. The molecule has 0 saturated carbocycles. The summed E-state index contributed by atoms with van der Waals surface area (Å²) >= 11 is 0. The molecule has 0 spiro atoms. The van der Waals surface area contributed by atoms with Gasteiger partial charge in [-0.05, 0) is 44.9 Å². The molecule has 0 saturated heterocycles. The third-order valence-corrected chi connectivity index (χ3v) is 3.61. The Hall–Kier alpha value is -2.04. The van der Waals surface area contributed by atoms with Crippen molar-refractivity contribution in [1.82, 2.24) is 5.32 Å². The van der Waals surface area contributed by atoms with Crippen LogP contribution in [0, 0.1) is 5.41 Å². The molecular formula is C18H27N3O2. The summed E-state index contributed by atoms with van der Waals surface area (Å²) in [5, 5.41) is 5.70. The predicted octanol–water partition coefficient (Wildman–Crippen LogP) is 3.54. The first-order chi connectivity index (χ1) is 10.5. The van der Waals surface area contributed by atoms with E-state index in [1.165, 1.54) is 0 Å². The van der Waals surface area contributed by atoms with Crippen LogP contribution in [0.4, 0.5) is 16.2 Å². The number of hydrogen-bond acceptors (Lipinski definition) is 2. The summed E-state index contributed by atoms with van der Waals surface area (Å²) in [6.45, 7) is 12.3. The number of nitrogens with one attached hydrogen (secondary N) is 2. The van der Waals surface area contributed by atoms with E-state index in [1.54, 1.807) is 0 Å². The molecule has 1 aromatic carbocycles. The van der Waals surface area contributed by atoms with Crippen LogP contribution >= 0.6 is 0 Å². The van der Waals surface area contributed by atoms with Gasteiger partial charge < -0.3 is 15.5 Å². The minimum atomic E-state index is -0.422. The van der Waals surface area contributed by atoms with E-state index in [-0.39, 0.29) is 17.5 Å². The van der Waals surface area contributed by atoms with Crippen LogP contribution in [-0.4, -0.2) is 24.0 Å². The van der Waals surface area contributed by atoms with Gasteiger partial charge in [0.15, 0.2) is 0 Å². The summed E-state index contributed by atoms with van der Waals surface area (Å²) in [7, 11) is 0. The first kappa shape index (κ1) is 17.3. The lowest BCUT2D eigenvalue weighted by atomic mass is 9.94. The predicted molar refractivity (Wildman–Crippen MR) is 93.9 cm³/mol. The zero-order valence-electron chi connectivity index (χ0n) is 14.9. The smallest absolute Gasteiger partial charge is 0.319 e. The van der Waals surface area contributed by atoms with E-state index >= 15 is 0 Å². The highest BCUT2D eigenvalue weighted by molar-refractivity contribution is 6.00. The van der Waals surface area contributed by atoms with Crippen LogP contribution < -0.4 is 15.5 Å². The van der Waals surface area contributed by atoms with Crippen molar-refractivity contribution in [1.29, 1.82) is 0 Å². The Kier molecular flexibility index (Phi) is 4.42. The third kappa shape index (κ3) is 4.24. The molecule has 0 radical (unpaired) electrons. The molecule has 1 heterocycles. The lowest BCUT2D eigenvalue weighted by molar-refractivity contribution is -0.125. The minimum absolute atomic E-state index is 0.104. The molecule has 1 aliphatic rings. The van der Waals surface area contributed by atoms with E-state index in [2.05, 4.69) is 10.6 Å². The number of urea groups is 1. The molecule has 1 aromatic rings.